The quantitative estimate of drug-likeness (QED) is 0.748. The van der Waals surface area contributed by atoms with Gasteiger partial charge in [-0.25, -0.2) is 4.98 Å². The number of rotatable bonds is 3. The van der Waals surface area contributed by atoms with Crippen LogP contribution in [-0.4, -0.2) is 4.98 Å². The Labute approximate surface area is 82.1 Å². The van der Waals surface area contributed by atoms with E-state index in [2.05, 4.69) is 11.6 Å². The lowest BCUT2D eigenvalue weighted by molar-refractivity contribution is 1.36. The first-order chi connectivity index (χ1) is 6.27. The molecule has 0 bridgehead atoms. The zero-order valence-electron chi connectivity index (χ0n) is 7.53. The first kappa shape index (κ1) is 9.74. The van der Waals surface area contributed by atoms with E-state index in [4.69, 9.17) is 5.73 Å². The standard InChI is InChI=1S/C10H12N2S/c1-3-5-6-8(4-2)9-7-13-10(11)12-9/h3-7H,1H2,2H3,(H2,11,12)/b6-5-,8-4+. The van der Waals surface area contributed by atoms with Crippen molar-refractivity contribution in [2.24, 2.45) is 0 Å². The van der Waals surface area contributed by atoms with E-state index in [-0.39, 0.29) is 0 Å². The molecule has 1 heterocycles. The van der Waals surface area contributed by atoms with Crippen LogP contribution >= 0.6 is 11.3 Å². The zero-order valence-corrected chi connectivity index (χ0v) is 8.34. The van der Waals surface area contributed by atoms with E-state index in [9.17, 15) is 0 Å². The summed E-state index contributed by atoms with van der Waals surface area (Å²) in [6.45, 7) is 5.58. The van der Waals surface area contributed by atoms with Gasteiger partial charge >= 0.3 is 0 Å². The molecule has 0 amide bonds. The van der Waals surface area contributed by atoms with Crippen LogP contribution in [0.25, 0.3) is 5.57 Å². The molecular weight excluding hydrogens is 180 g/mol. The van der Waals surface area contributed by atoms with Crippen LogP contribution in [0.5, 0.6) is 0 Å². The van der Waals surface area contributed by atoms with E-state index < -0.39 is 0 Å². The van der Waals surface area contributed by atoms with Crippen molar-refractivity contribution < 1.29 is 0 Å². The van der Waals surface area contributed by atoms with E-state index >= 15 is 0 Å². The number of nitrogen functional groups attached to an aromatic ring is 1. The number of nitrogens with two attached hydrogens (primary N) is 1. The van der Waals surface area contributed by atoms with E-state index in [1.807, 2.05) is 30.5 Å². The second-order valence-electron chi connectivity index (χ2n) is 2.41. The summed E-state index contributed by atoms with van der Waals surface area (Å²) in [4.78, 5) is 4.18. The van der Waals surface area contributed by atoms with Gasteiger partial charge in [0.15, 0.2) is 5.13 Å². The third-order valence-corrected chi connectivity index (χ3v) is 2.21. The van der Waals surface area contributed by atoms with Gasteiger partial charge in [-0.3, -0.25) is 0 Å². The van der Waals surface area contributed by atoms with Crippen molar-refractivity contribution in [2.45, 2.75) is 6.92 Å². The van der Waals surface area contributed by atoms with Crippen molar-refractivity contribution in [3.63, 3.8) is 0 Å². The fourth-order valence-corrected chi connectivity index (χ4v) is 1.49. The van der Waals surface area contributed by atoms with E-state index in [1.165, 1.54) is 11.3 Å². The van der Waals surface area contributed by atoms with E-state index in [0.29, 0.717) is 5.13 Å². The summed E-state index contributed by atoms with van der Waals surface area (Å²) in [6, 6.07) is 0. The van der Waals surface area contributed by atoms with Crippen LogP contribution in [0.4, 0.5) is 5.13 Å². The maximum absolute atomic E-state index is 5.54. The number of allylic oxidation sites excluding steroid dienone is 5. The van der Waals surface area contributed by atoms with Gasteiger partial charge in [-0.2, -0.15) is 0 Å². The Morgan fingerprint density at radius 1 is 1.69 bits per heavy atom. The van der Waals surface area contributed by atoms with Gasteiger partial charge in [-0.05, 0) is 12.5 Å². The monoisotopic (exact) mass is 192 g/mol. The Bertz CT molecular complexity index is 348. The summed E-state index contributed by atoms with van der Waals surface area (Å²) in [6.07, 6.45) is 7.57. The number of anilines is 1. The highest BCUT2D eigenvalue weighted by atomic mass is 32.1. The van der Waals surface area contributed by atoms with Crippen molar-refractivity contribution in [2.75, 3.05) is 5.73 Å². The molecule has 0 aliphatic rings. The van der Waals surface area contributed by atoms with Gasteiger partial charge in [0.2, 0.25) is 0 Å². The number of thiazole rings is 1. The Morgan fingerprint density at radius 3 is 2.92 bits per heavy atom. The Morgan fingerprint density at radius 2 is 2.46 bits per heavy atom. The molecule has 0 radical (unpaired) electrons. The molecule has 13 heavy (non-hydrogen) atoms. The summed E-state index contributed by atoms with van der Waals surface area (Å²) in [5, 5.41) is 2.54. The molecule has 0 aliphatic heterocycles. The van der Waals surface area contributed by atoms with Crippen LogP contribution in [-0.2, 0) is 0 Å². The van der Waals surface area contributed by atoms with E-state index in [1.54, 1.807) is 6.08 Å². The Balaban J connectivity index is 2.91. The average Bonchev–Trinajstić information content (AvgIpc) is 2.54. The number of nitrogens with zero attached hydrogens (tertiary/aromatic N) is 1. The molecule has 0 atom stereocenters. The first-order valence-corrected chi connectivity index (χ1v) is 4.82. The minimum Gasteiger partial charge on any atom is -0.375 e. The molecular formula is C10H12N2S. The Hall–Kier alpha value is -1.35. The molecule has 0 aliphatic carbocycles. The van der Waals surface area contributed by atoms with Crippen LogP contribution in [0.3, 0.4) is 0 Å². The van der Waals surface area contributed by atoms with Crippen molar-refractivity contribution in [1.82, 2.24) is 4.98 Å². The van der Waals surface area contributed by atoms with Crippen LogP contribution in [0, 0.1) is 0 Å². The average molecular weight is 192 g/mol. The van der Waals surface area contributed by atoms with Crippen molar-refractivity contribution in [1.29, 1.82) is 0 Å². The maximum Gasteiger partial charge on any atom is 0.180 e. The molecule has 1 rings (SSSR count). The fraction of sp³-hybridized carbons (Fsp3) is 0.100. The first-order valence-electron chi connectivity index (χ1n) is 3.94. The number of hydrogen-bond donors (Lipinski definition) is 1. The normalized spacial score (nSPS) is 12.2. The van der Waals surface area contributed by atoms with Crippen LogP contribution in [0.1, 0.15) is 12.6 Å². The number of hydrogen-bond acceptors (Lipinski definition) is 3. The molecule has 2 N–H and O–H groups in total. The molecule has 68 valence electrons. The summed E-state index contributed by atoms with van der Waals surface area (Å²) >= 11 is 1.45. The van der Waals surface area contributed by atoms with Crippen molar-refractivity contribution in [3.8, 4) is 0 Å². The second-order valence-corrected chi connectivity index (χ2v) is 3.30. The molecule has 0 fully saturated rings. The van der Waals surface area contributed by atoms with Crippen molar-refractivity contribution >= 4 is 22.0 Å². The summed E-state index contributed by atoms with van der Waals surface area (Å²) in [7, 11) is 0. The third kappa shape index (κ3) is 2.56. The molecule has 0 aromatic carbocycles. The molecule has 1 aromatic rings. The molecule has 0 unspecified atom stereocenters. The Kier molecular flexibility index (Phi) is 3.46. The minimum atomic E-state index is 0.598. The van der Waals surface area contributed by atoms with Gasteiger partial charge in [0.25, 0.3) is 0 Å². The molecule has 2 nitrogen and oxygen atoms in total. The number of aromatic nitrogens is 1. The SMILES string of the molecule is C=C/C=C\C(=C/C)c1csc(N)n1. The van der Waals surface area contributed by atoms with Gasteiger partial charge in [0.1, 0.15) is 0 Å². The lowest BCUT2D eigenvalue weighted by Crippen LogP contribution is -1.84. The smallest absolute Gasteiger partial charge is 0.180 e. The topological polar surface area (TPSA) is 38.9 Å². The van der Waals surface area contributed by atoms with Crippen LogP contribution in [0.15, 0.2) is 36.3 Å². The van der Waals surface area contributed by atoms with E-state index in [0.717, 1.165) is 11.3 Å². The highest BCUT2D eigenvalue weighted by Gasteiger charge is 2.00. The largest absolute Gasteiger partial charge is 0.375 e. The van der Waals surface area contributed by atoms with Gasteiger partial charge < -0.3 is 5.73 Å². The molecule has 1 aromatic heterocycles. The summed E-state index contributed by atoms with van der Waals surface area (Å²) in [5.41, 5.74) is 7.52. The molecule has 3 heteroatoms. The minimum absolute atomic E-state index is 0.598. The van der Waals surface area contributed by atoms with Gasteiger partial charge in [0, 0.05) is 5.38 Å². The van der Waals surface area contributed by atoms with Gasteiger partial charge in [-0.1, -0.05) is 30.9 Å². The lowest BCUT2D eigenvalue weighted by atomic mass is 10.2. The highest BCUT2D eigenvalue weighted by Crippen LogP contribution is 2.19. The highest BCUT2D eigenvalue weighted by molar-refractivity contribution is 7.13. The lowest BCUT2D eigenvalue weighted by Gasteiger charge is -1.93. The predicted molar refractivity (Wildman–Crippen MR) is 59.5 cm³/mol. The third-order valence-electron chi connectivity index (χ3n) is 1.54. The fourth-order valence-electron chi connectivity index (χ4n) is 0.921. The second kappa shape index (κ2) is 4.62. The zero-order chi connectivity index (χ0) is 9.68. The molecule has 0 saturated carbocycles. The van der Waals surface area contributed by atoms with Gasteiger partial charge in [0.05, 0.1) is 5.69 Å². The van der Waals surface area contributed by atoms with Gasteiger partial charge in [-0.15, -0.1) is 11.3 Å². The molecule has 0 spiro atoms. The van der Waals surface area contributed by atoms with Crippen LogP contribution in [0.2, 0.25) is 0 Å². The van der Waals surface area contributed by atoms with Crippen molar-refractivity contribution in [3.05, 3.63) is 42.0 Å². The maximum atomic E-state index is 5.54. The van der Waals surface area contributed by atoms with Crippen LogP contribution < -0.4 is 5.73 Å². The summed E-state index contributed by atoms with van der Waals surface area (Å²) in [5.74, 6) is 0. The summed E-state index contributed by atoms with van der Waals surface area (Å²) < 4.78 is 0. The molecule has 0 saturated heterocycles. The predicted octanol–water partition coefficient (Wildman–Crippen LogP) is 2.87.